The molecular formula is C15H19NO3. The number of benzene rings is 1. The summed E-state index contributed by atoms with van der Waals surface area (Å²) >= 11 is 0. The summed E-state index contributed by atoms with van der Waals surface area (Å²) in [6.45, 7) is 3.25. The molecule has 1 aromatic rings. The topological polar surface area (TPSA) is 49.8 Å². The molecule has 0 spiro atoms. The van der Waals surface area contributed by atoms with Gasteiger partial charge >= 0.3 is 5.97 Å². The number of rotatable bonds is 3. The molecule has 1 aromatic carbocycles. The maximum Gasteiger partial charge on any atom is 0.303 e. The fourth-order valence-electron chi connectivity index (χ4n) is 3.22. The Morgan fingerprint density at radius 2 is 2.26 bits per heavy atom. The highest BCUT2D eigenvalue weighted by Gasteiger charge is 2.32. The van der Waals surface area contributed by atoms with Crippen LogP contribution in [0.3, 0.4) is 0 Å². The largest absolute Gasteiger partial charge is 0.481 e. The standard InChI is InChI=1S/C15H19NO3/c17-15(18)7-11-5-6-16(8-11)14-10-19-9-12-3-1-2-4-13(12)14/h1-4,11,14H,5-10H2,(H,17,18). The lowest BCUT2D eigenvalue weighted by Crippen LogP contribution is -2.33. The summed E-state index contributed by atoms with van der Waals surface area (Å²) in [7, 11) is 0. The molecule has 3 rings (SSSR count). The second-order valence-corrected chi connectivity index (χ2v) is 5.48. The van der Waals surface area contributed by atoms with Gasteiger partial charge in [-0.25, -0.2) is 0 Å². The number of fused-ring (bicyclic) bond motifs is 1. The Kier molecular flexibility index (Phi) is 3.53. The van der Waals surface area contributed by atoms with E-state index < -0.39 is 5.97 Å². The third-order valence-corrected chi connectivity index (χ3v) is 4.17. The Morgan fingerprint density at radius 1 is 1.42 bits per heavy atom. The second kappa shape index (κ2) is 5.31. The lowest BCUT2D eigenvalue weighted by molar-refractivity contribution is -0.138. The molecule has 2 heterocycles. The smallest absolute Gasteiger partial charge is 0.303 e. The Balaban J connectivity index is 1.73. The predicted octanol–water partition coefficient (Wildman–Crippen LogP) is 2.05. The van der Waals surface area contributed by atoms with E-state index in [1.807, 2.05) is 6.07 Å². The number of carboxylic acid groups (broad SMARTS) is 1. The molecule has 102 valence electrons. The zero-order valence-electron chi connectivity index (χ0n) is 10.9. The lowest BCUT2D eigenvalue weighted by Gasteiger charge is -2.33. The second-order valence-electron chi connectivity index (χ2n) is 5.48. The van der Waals surface area contributed by atoms with Gasteiger partial charge in [-0.05, 0) is 30.0 Å². The van der Waals surface area contributed by atoms with E-state index in [4.69, 9.17) is 9.84 Å². The molecule has 4 heteroatoms. The molecule has 0 radical (unpaired) electrons. The van der Waals surface area contributed by atoms with Gasteiger partial charge in [-0.2, -0.15) is 0 Å². The molecule has 4 nitrogen and oxygen atoms in total. The van der Waals surface area contributed by atoms with Crippen LogP contribution >= 0.6 is 0 Å². The minimum atomic E-state index is -0.688. The average Bonchev–Trinajstić information content (AvgIpc) is 2.85. The number of aliphatic carboxylic acids is 1. The third kappa shape index (κ3) is 2.65. The predicted molar refractivity (Wildman–Crippen MR) is 70.8 cm³/mol. The van der Waals surface area contributed by atoms with Crippen LogP contribution in [0.4, 0.5) is 0 Å². The molecule has 2 aliphatic heterocycles. The summed E-state index contributed by atoms with van der Waals surface area (Å²) in [4.78, 5) is 13.2. The van der Waals surface area contributed by atoms with E-state index in [9.17, 15) is 4.79 Å². The Hall–Kier alpha value is -1.39. The number of likely N-dealkylation sites (tertiary alicyclic amines) is 1. The normalized spacial score (nSPS) is 27.2. The van der Waals surface area contributed by atoms with Gasteiger partial charge in [-0.3, -0.25) is 9.69 Å². The van der Waals surface area contributed by atoms with E-state index in [1.165, 1.54) is 11.1 Å². The highest BCUT2D eigenvalue weighted by Crippen LogP contribution is 2.33. The molecule has 2 atom stereocenters. The van der Waals surface area contributed by atoms with Gasteiger partial charge in [-0.15, -0.1) is 0 Å². The van der Waals surface area contributed by atoms with E-state index in [-0.39, 0.29) is 12.3 Å². The monoisotopic (exact) mass is 261 g/mol. The number of hydrogen-bond donors (Lipinski definition) is 1. The molecule has 0 aliphatic carbocycles. The van der Waals surface area contributed by atoms with E-state index in [2.05, 4.69) is 23.1 Å². The summed E-state index contributed by atoms with van der Waals surface area (Å²) < 4.78 is 5.68. The quantitative estimate of drug-likeness (QED) is 0.904. The van der Waals surface area contributed by atoms with Crippen molar-refractivity contribution < 1.29 is 14.6 Å². The molecule has 1 fully saturated rings. The van der Waals surface area contributed by atoms with Crippen molar-refractivity contribution in [1.29, 1.82) is 0 Å². The first-order valence-electron chi connectivity index (χ1n) is 6.85. The van der Waals surface area contributed by atoms with Crippen LogP contribution in [0, 0.1) is 5.92 Å². The molecule has 1 N–H and O–H groups in total. The Bertz CT molecular complexity index is 474. The van der Waals surface area contributed by atoms with Gasteiger partial charge in [0, 0.05) is 13.0 Å². The van der Waals surface area contributed by atoms with Gasteiger partial charge in [-0.1, -0.05) is 24.3 Å². The third-order valence-electron chi connectivity index (χ3n) is 4.17. The van der Waals surface area contributed by atoms with Crippen molar-refractivity contribution in [1.82, 2.24) is 4.90 Å². The molecular weight excluding hydrogens is 242 g/mol. The summed E-state index contributed by atoms with van der Waals surface area (Å²) in [5.74, 6) is -0.404. The van der Waals surface area contributed by atoms with Crippen molar-refractivity contribution in [3.8, 4) is 0 Å². The molecule has 0 saturated carbocycles. The van der Waals surface area contributed by atoms with Crippen molar-refractivity contribution in [2.75, 3.05) is 19.7 Å². The molecule has 0 aromatic heterocycles. The molecule has 2 aliphatic rings. The fraction of sp³-hybridized carbons (Fsp3) is 0.533. The zero-order valence-corrected chi connectivity index (χ0v) is 10.9. The number of hydrogen-bond acceptors (Lipinski definition) is 3. The first kappa shape index (κ1) is 12.6. The number of carboxylic acids is 1. The van der Waals surface area contributed by atoms with E-state index >= 15 is 0 Å². The van der Waals surface area contributed by atoms with E-state index in [0.29, 0.717) is 12.6 Å². The van der Waals surface area contributed by atoms with Crippen molar-refractivity contribution in [3.63, 3.8) is 0 Å². The van der Waals surface area contributed by atoms with Crippen molar-refractivity contribution >= 4 is 5.97 Å². The Morgan fingerprint density at radius 3 is 3.11 bits per heavy atom. The Labute approximate surface area is 113 Å². The number of nitrogens with zero attached hydrogens (tertiary/aromatic N) is 1. The van der Waals surface area contributed by atoms with E-state index in [0.717, 1.165) is 26.1 Å². The summed E-state index contributed by atoms with van der Waals surface area (Å²) in [6, 6.07) is 8.70. The van der Waals surface area contributed by atoms with Gasteiger partial charge in [0.05, 0.1) is 19.3 Å². The van der Waals surface area contributed by atoms with Crippen LogP contribution in [0.2, 0.25) is 0 Å². The van der Waals surface area contributed by atoms with Gasteiger partial charge in [0.15, 0.2) is 0 Å². The van der Waals surface area contributed by atoms with Gasteiger partial charge in [0.25, 0.3) is 0 Å². The minimum Gasteiger partial charge on any atom is -0.481 e. The summed E-state index contributed by atoms with van der Waals surface area (Å²) in [5, 5.41) is 8.89. The molecule has 0 bridgehead atoms. The minimum absolute atomic E-state index is 0.283. The highest BCUT2D eigenvalue weighted by molar-refractivity contribution is 5.67. The number of ether oxygens (including phenoxy) is 1. The van der Waals surface area contributed by atoms with Crippen LogP contribution in [-0.2, 0) is 16.1 Å². The van der Waals surface area contributed by atoms with Crippen molar-refractivity contribution in [3.05, 3.63) is 35.4 Å². The molecule has 2 unspecified atom stereocenters. The van der Waals surface area contributed by atoms with Crippen LogP contribution in [-0.4, -0.2) is 35.7 Å². The first-order chi connectivity index (χ1) is 9.24. The summed E-state index contributed by atoms with van der Waals surface area (Å²) in [6.07, 6.45) is 1.26. The maximum absolute atomic E-state index is 10.8. The van der Waals surface area contributed by atoms with Gasteiger partial charge in [0.1, 0.15) is 0 Å². The van der Waals surface area contributed by atoms with Gasteiger partial charge in [0.2, 0.25) is 0 Å². The number of carbonyl (C=O) groups is 1. The van der Waals surface area contributed by atoms with Crippen LogP contribution in [0.15, 0.2) is 24.3 Å². The van der Waals surface area contributed by atoms with E-state index in [1.54, 1.807) is 0 Å². The van der Waals surface area contributed by atoms with Crippen molar-refractivity contribution in [2.24, 2.45) is 5.92 Å². The van der Waals surface area contributed by atoms with Crippen LogP contribution in [0.1, 0.15) is 30.0 Å². The maximum atomic E-state index is 10.8. The molecule has 0 amide bonds. The molecule has 1 saturated heterocycles. The fourth-order valence-corrected chi connectivity index (χ4v) is 3.22. The SMILES string of the molecule is O=C(O)CC1CCN(C2COCc3ccccc32)C1. The van der Waals surface area contributed by atoms with Crippen molar-refractivity contribution in [2.45, 2.75) is 25.5 Å². The van der Waals surface area contributed by atoms with Crippen LogP contribution in [0.25, 0.3) is 0 Å². The first-order valence-corrected chi connectivity index (χ1v) is 6.85. The lowest BCUT2D eigenvalue weighted by atomic mass is 9.98. The van der Waals surface area contributed by atoms with Gasteiger partial charge < -0.3 is 9.84 Å². The van der Waals surface area contributed by atoms with Crippen LogP contribution < -0.4 is 0 Å². The highest BCUT2D eigenvalue weighted by atomic mass is 16.5. The molecule has 19 heavy (non-hydrogen) atoms. The average molecular weight is 261 g/mol. The summed E-state index contributed by atoms with van der Waals surface area (Å²) in [5.41, 5.74) is 2.62. The van der Waals surface area contributed by atoms with Crippen LogP contribution in [0.5, 0.6) is 0 Å². The zero-order chi connectivity index (χ0) is 13.2.